The van der Waals surface area contributed by atoms with Crippen LogP contribution >= 0.6 is 24.8 Å². The van der Waals surface area contributed by atoms with E-state index in [9.17, 15) is 4.79 Å². The SMILES string of the molecule is CCN1CCCC(NC(=O)C2(C)CCCNC2)C1.Cl.Cl. The molecule has 0 aromatic rings. The maximum absolute atomic E-state index is 12.4. The van der Waals surface area contributed by atoms with E-state index in [1.54, 1.807) is 0 Å². The summed E-state index contributed by atoms with van der Waals surface area (Å²) in [5.74, 6) is 0.248. The van der Waals surface area contributed by atoms with Crippen LogP contribution in [0.3, 0.4) is 0 Å². The lowest BCUT2D eigenvalue weighted by Gasteiger charge is -2.37. The highest BCUT2D eigenvalue weighted by molar-refractivity contribution is 5.85. The van der Waals surface area contributed by atoms with Gasteiger partial charge in [-0.2, -0.15) is 0 Å². The molecule has 2 atom stereocenters. The molecule has 4 nitrogen and oxygen atoms in total. The maximum Gasteiger partial charge on any atom is 0.227 e. The van der Waals surface area contributed by atoms with Gasteiger partial charge in [0.05, 0.1) is 5.41 Å². The topological polar surface area (TPSA) is 44.4 Å². The molecule has 0 aromatic heterocycles. The Bertz CT molecular complexity index is 296. The molecule has 20 heavy (non-hydrogen) atoms. The number of hydrogen-bond acceptors (Lipinski definition) is 3. The van der Waals surface area contributed by atoms with E-state index < -0.39 is 0 Å². The molecule has 2 unspecified atom stereocenters. The average molecular weight is 326 g/mol. The molecular formula is C14H29Cl2N3O. The van der Waals surface area contributed by atoms with Crippen molar-refractivity contribution >= 4 is 30.7 Å². The Labute approximate surface area is 135 Å². The number of carbonyl (C=O) groups excluding carboxylic acids is 1. The van der Waals surface area contributed by atoms with E-state index in [0.717, 1.165) is 45.4 Å². The molecule has 2 N–H and O–H groups in total. The molecule has 1 amide bonds. The molecule has 2 rings (SSSR count). The summed E-state index contributed by atoms with van der Waals surface area (Å²) in [5.41, 5.74) is -0.202. The fourth-order valence-electron chi connectivity index (χ4n) is 3.07. The molecule has 0 bridgehead atoms. The summed E-state index contributed by atoms with van der Waals surface area (Å²) in [7, 11) is 0. The number of nitrogens with zero attached hydrogens (tertiary/aromatic N) is 1. The normalized spacial score (nSPS) is 30.8. The Morgan fingerprint density at radius 3 is 2.75 bits per heavy atom. The molecule has 6 heteroatoms. The van der Waals surface area contributed by atoms with E-state index in [0.29, 0.717) is 6.04 Å². The lowest BCUT2D eigenvalue weighted by molar-refractivity contribution is -0.132. The van der Waals surface area contributed by atoms with Crippen LogP contribution in [0, 0.1) is 5.41 Å². The first kappa shape index (κ1) is 20.0. The van der Waals surface area contributed by atoms with Gasteiger partial charge in [0.2, 0.25) is 5.91 Å². The van der Waals surface area contributed by atoms with Crippen LogP contribution in [0.25, 0.3) is 0 Å². The zero-order valence-electron chi connectivity index (χ0n) is 12.6. The summed E-state index contributed by atoms with van der Waals surface area (Å²) in [6, 6.07) is 0.352. The molecule has 2 heterocycles. The molecule has 0 spiro atoms. The van der Waals surface area contributed by atoms with Gasteiger partial charge in [-0.05, 0) is 52.2 Å². The number of likely N-dealkylation sites (N-methyl/N-ethyl adjacent to an activating group) is 1. The van der Waals surface area contributed by atoms with E-state index in [4.69, 9.17) is 0 Å². The van der Waals surface area contributed by atoms with Crippen LogP contribution in [0.2, 0.25) is 0 Å². The van der Waals surface area contributed by atoms with Crippen LogP contribution in [0.15, 0.2) is 0 Å². The summed E-state index contributed by atoms with van der Waals surface area (Å²) >= 11 is 0. The Morgan fingerprint density at radius 2 is 2.15 bits per heavy atom. The van der Waals surface area contributed by atoms with Gasteiger partial charge in [-0.15, -0.1) is 24.8 Å². The summed E-state index contributed by atoms with van der Waals surface area (Å²) in [5, 5.41) is 6.61. The molecule has 0 saturated carbocycles. The third kappa shape index (κ3) is 5.06. The second kappa shape index (κ2) is 9.08. The maximum atomic E-state index is 12.4. The minimum atomic E-state index is -0.202. The van der Waals surface area contributed by atoms with Crippen molar-refractivity contribution in [2.24, 2.45) is 5.41 Å². The van der Waals surface area contributed by atoms with Crippen LogP contribution < -0.4 is 10.6 Å². The van der Waals surface area contributed by atoms with Crippen molar-refractivity contribution < 1.29 is 4.79 Å². The van der Waals surface area contributed by atoms with E-state index in [-0.39, 0.29) is 36.1 Å². The van der Waals surface area contributed by atoms with Crippen LogP contribution in [-0.4, -0.2) is 49.6 Å². The van der Waals surface area contributed by atoms with Crippen LogP contribution in [0.1, 0.15) is 39.5 Å². The second-order valence-electron chi connectivity index (χ2n) is 6.05. The quantitative estimate of drug-likeness (QED) is 0.832. The molecule has 0 aromatic carbocycles. The van der Waals surface area contributed by atoms with Gasteiger partial charge in [0.25, 0.3) is 0 Å². The Balaban J connectivity index is 0.00000180. The van der Waals surface area contributed by atoms with Crippen LogP contribution in [0.5, 0.6) is 0 Å². The first-order valence-corrected chi connectivity index (χ1v) is 7.38. The number of halogens is 2. The standard InChI is InChI=1S/C14H27N3O.2ClH/c1-3-17-9-4-6-12(10-17)16-13(18)14(2)7-5-8-15-11-14;;/h12,15H,3-11H2,1-2H3,(H,16,18);2*1H. The number of nitrogens with one attached hydrogen (secondary N) is 2. The van der Waals surface area contributed by atoms with Crippen LogP contribution in [-0.2, 0) is 4.79 Å². The molecule has 2 fully saturated rings. The minimum absolute atomic E-state index is 0. The van der Waals surface area contributed by atoms with Crippen molar-refractivity contribution in [3.63, 3.8) is 0 Å². The lowest BCUT2D eigenvalue weighted by Crippen LogP contribution is -2.54. The average Bonchev–Trinajstić information content (AvgIpc) is 2.40. The molecule has 0 aliphatic carbocycles. The summed E-state index contributed by atoms with van der Waals surface area (Å²) in [4.78, 5) is 14.8. The highest BCUT2D eigenvalue weighted by atomic mass is 35.5. The molecule has 0 radical (unpaired) electrons. The first-order chi connectivity index (χ1) is 8.64. The third-order valence-electron chi connectivity index (χ3n) is 4.43. The molecule has 2 aliphatic rings. The molecule has 120 valence electrons. The van der Waals surface area contributed by atoms with Crippen molar-refractivity contribution in [3.05, 3.63) is 0 Å². The van der Waals surface area contributed by atoms with Gasteiger partial charge in [0, 0.05) is 19.1 Å². The van der Waals surface area contributed by atoms with Gasteiger partial charge >= 0.3 is 0 Å². The van der Waals surface area contributed by atoms with Gasteiger partial charge in [-0.25, -0.2) is 0 Å². The number of hydrogen-bond donors (Lipinski definition) is 2. The fourth-order valence-corrected chi connectivity index (χ4v) is 3.07. The highest BCUT2D eigenvalue weighted by Crippen LogP contribution is 2.26. The summed E-state index contributed by atoms with van der Waals surface area (Å²) < 4.78 is 0. The Morgan fingerprint density at radius 1 is 1.40 bits per heavy atom. The van der Waals surface area contributed by atoms with Gasteiger partial charge < -0.3 is 15.5 Å². The van der Waals surface area contributed by atoms with E-state index in [1.165, 1.54) is 13.0 Å². The number of carbonyl (C=O) groups is 1. The predicted octanol–water partition coefficient (Wildman–Crippen LogP) is 1.82. The van der Waals surface area contributed by atoms with Gasteiger partial charge in [0.1, 0.15) is 0 Å². The van der Waals surface area contributed by atoms with Gasteiger partial charge in [0.15, 0.2) is 0 Å². The zero-order valence-corrected chi connectivity index (χ0v) is 14.2. The number of piperidine rings is 2. The predicted molar refractivity (Wildman–Crippen MR) is 88.0 cm³/mol. The van der Waals surface area contributed by atoms with Crippen LogP contribution in [0.4, 0.5) is 0 Å². The zero-order chi connectivity index (χ0) is 13.0. The van der Waals surface area contributed by atoms with Gasteiger partial charge in [-0.3, -0.25) is 4.79 Å². The number of rotatable bonds is 3. The second-order valence-corrected chi connectivity index (χ2v) is 6.05. The van der Waals surface area contributed by atoms with E-state index in [2.05, 4.69) is 29.4 Å². The first-order valence-electron chi connectivity index (χ1n) is 7.38. The minimum Gasteiger partial charge on any atom is -0.352 e. The lowest BCUT2D eigenvalue weighted by atomic mass is 9.81. The van der Waals surface area contributed by atoms with E-state index >= 15 is 0 Å². The van der Waals surface area contributed by atoms with Crippen molar-refractivity contribution in [2.75, 3.05) is 32.7 Å². The summed E-state index contributed by atoms with van der Waals surface area (Å²) in [6.45, 7) is 9.45. The molecule has 2 aliphatic heterocycles. The fraction of sp³-hybridized carbons (Fsp3) is 0.929. The monoisotopic (exact) mass is 325 g/mol. The molecular weight excluding hydrogens is 297 g/mol. The largest absolute Gasteiger partial charge is 0.352 e. The van der Waals surface area contributed by atoms with Gasteiger partial charge in [-0.1, -0.05) is 6.92 Å². The highest BCUT2D eigenvalue weighted by Gasteiger charge is 2.36. The van der Waals surface area contributed by atoms with Crippen molar-refractivity contribution in [2.45, 2.75) is 45.6 Å². The van der Waals surface area contributed by atoms with Crippen molar-refractivity contribution in [1.82, 2.24) is 15.5 Å². The third-order valence-corrected chi connectivity index (χ3v) is 4.43. The Hall–Kier alpha value is -0.0300. The Kier molecular flexibility index (Phi) is 9.07. The summed E-state index contributed by atoms with van der Waals surface area (Å²) in [6.07, 6.45) is 4.45. The van der Waals surface area contributed by atoms with Crippen molar-refractivity contribution in [3.8, 4) is 0 Å². The van der Waals surface area contributed by atoms with Crippen molar-refractivity contribution in [1.29, 1.82) is 0 Å². The van der Waals surface area contributed by atoms with E-state index in [1.807, 2.05) is 0 Å². The number of amides is 1. The smallest absolute Gasteiger partial charge is 0.227 e. The number of likely N-dealkylation sites (tertiary alicyclic amines) is 1. The molecule has 2 saturated heterocycles.